The predicted molar refractivity (Wildman–Crippen MR) is 194 cm³/mol. The normalized spacial score (nSPS) is 11.7. The number of aliphatic hydroxyl groups is 1. The molecule has 0 aliphatic rings. The van der Waals surface area contributed by atoms with Gasteiger partial charge in [0.2, 0.25) is 6.79 Å². The summed E-state index contributed by atoms with van der Waals surface area (Å²) in [5.74, 6) is -3.45. The molecule has 0 aliphatic carbocycles. The van der Waals surface area contributed by atoms with Gasteiger partial charge in [0, 0.05) is 42.2 Å². The number of aliphatic carboxylic acids is 1. The van der Waals surface area contributed by atoms with Crippen molar-refractivity contribution >= 4 is 29.4 Å². The molecule has 0 spiro atoms. The van der Waals surface area contributed by atoms with Gasteiger partial charge in [-0.25, -0.2) is 14.4 Å². The molecule has 1 atom stereocenters. The minimum absolute atomic E-state index is 0.0161. The van der Waals surface area contributed by atoms with Crippen LogP contribution < -0.4 is 25.3 Å². The highest BCUT2D eigenvalue weighted by molar-refractivity contribution is 5.99. The number of carbonyl (C=O) groups is 3. The quantitative estimate of drug-likeness (QED) is 0.0358. The number of hydrogen-bond acceptors (Lipinski definition) is 15. The van der Waals surface area contributed by atoms with Gasteiger partial charge in [-0.05, 0) is 55.7 Å². The van der Waals surface area contributed by atoms with Gasteiger partial charge in [0.05, 0.1) is 20.3 Å². The van der Waals surface area contributed by atoms with E-state index < -0.39 is 42.0 Å². The number of nitrogens with two attached hydrogens (primary N) is 1. The average Bonchev–Trinajstić information content (AvgIpc) is 3.56. The van der Waals surface area contributed by atoms with Crippen LogP contribution in [0.15, 0.2) is 54.9 Å². The molecule has 0 radical (unpaired) electrons. The van der Waals surface area contributed by atoms with Crippen molar-refractivity contribution in [3.63, 3.8) is 0 Å². The summed E-state index contributed by atoms with van der Waals surface area (Å²) in [7, 11) is 1.40. The van der Waals surface area contributed by atoms with Crippen LogP contribution in [0.5, 0.6) is 17.5 Å². The lowest BCUT2D eigenvalue weighted by atomic mass is 9.93. The first kappa shape index (κ1) is 43.0. The Morgan fingerprint density at radius 3 is 2.20 bits per heavy atom. The Morgan fingerprint density at radius 2 is 1.64 bits per heavy atom. The molecule has 0 saturated heterocycles. The number of esters is 2. The number of methoxy groups -OCH3 is 1. The minimum Gasteiger partial charge on any atom is -0.497 e. The van der Waals surface area contributed by atoms with Gasteiger partial charge in [-0.2, -0.15) is 4.98 Å². The summed E-state index contributed by atoms with van der Waals surface area (Å²) in [6.45, 7) is 8.34. The molecule has 1 unspecified atom stereocenters. The predicted octanol–water partition coefficient (Wildman–Crippen LogP) is 3.65. The number of carbonyl (C=O) groups excluding carboxylic acids is 2. The first-order chi connectivity index (χ1) is 25.9. The summed E-state index contributed by atoms with van der Waals surface area (Å²) < 4.78 is 44.5. The molecule has 4 rings (SSSR count). The molecule has 0 aliphatic heterocycles. The lowest BCUT2D eigenvalue weighted by Gasteiger charge is -2.24. The Morgan fingerprint density at radius 1 is 1.02 bits per heavy atom. The second kappa shape index (κ2) is 19.1. The van der Waals surface area contributed by atoms with Crippen LogP contribution in [0.25, 0.3) is 5.95 Å². The number of nitrogens with one attached hydrogen (secondary N) is 2. The molecular formula is C36H45FN8O10. The molecule has 2 heterocycles. The number of carboxylic acid groups (broad SMARTS) is 1. The molecule has 0 bridgehead atoms. The lowest BCUT2D eigenvalue weighted by molar-refractivity contribution is -0.175. The number of amidine groups is 1. The van der Waals surface area contributed by atoms with E-state index in [9.17, 15) is 14.7 Å². The SMILES string of the molecule is CC(=O)O.COc1cc(OCCO)c(F)c(C(Nc2ccc(C(=N)N)cc2)c2nc(OCOC(=O)C(C)(C)C(=O)OCC(C)(C)C)n(-c3ncccn3)n2)c1. The van der Waals surface area contributed by atoms with Crippen molar-refractivity contribution in [2.45, 2.75) is 47.6 Å². The van der Waals surface area contributed by atoms with Crippen molar-refractivity contribution in [2.24, 2.45) is 16.6 Å². The van der Waals surface area contributed by atoms with E-state index in [2.05, 4.69) is 25.4 Å². The van der Waals surface area contributed by atoms with Gasteiger partial charge in [-0.15, -0.1) is 9.78 Å². The number of ether oxygens (including phenoxy) is 5. The number of aliphatic hydroxyl groups excluding tert-OH is 1. The number of rotatable bonds is 16. The second-order valence-corrected chi connectivity index (χ2v) is 13.4. The molecule has 6 N–H and O–H groups in total. The van der Waals surface area contributed by atoms with Gasteiger partial charge in [0.25, 0.3) is 11.9 Å². The Hall–Kier alpha value is -6.37. The fraction of sp³-hybridized carbons (Fsp3) is 0.389. The fourth-order valence-electron chi connectivity index (χ4n) is 4.30. The summed E-state index contributed by atoms with van der Waals surface area (Å²) >= 11 is 0. The van der Waals surface area contributed by atoms with Crippen LogP contribution in [0.2, 0.25) is 0 Å². The molecule has 4 aromatic rings. The maximum Gasteiger partial charge on any atom is 0.325 e. The molecule has 2 aromatic carbocycles. The molecule has 0 saturated carbocycles. The zero-order valence-electron chi connectivity index (χ0n) is 31.5. The van der Waals surface area contributed by atoms with Crippen molar-refractivity contribution in [2.75, 3.05) is 39.0 Å². The Kier molecular flexibility index (Phi) is 14.9. The van der Waals surface area contributed by atoms with Crippen LogP contribution in [-0.4, -0.2) is 92.4 Å². The molecule has 18 nitrogen and oxygen atoms in total. The van der Waals surface area contributed by atoms with Crippen molar-refractivity contribution in [3.05, 3.63) is 77.6 Å². The first-order valence-corrected chi connectivity index (χ1v) is 16.6. The maximum atomic E-state index is 16.2. The van der Waals surface area contributed by atoms with E-state index >= 15 is 4.39 Å². The molecule has 19 heteroatoms. The van der Waals surface area contributed by atoms with Gasteiger partial charge in [-0.1, -0.05) is 20.8 Å². The van der Waals surface area contributed by atoms with Crippen molar-refractivity contribution in [1.82, 2.24) is 24.7 Å². The van der Waals surface area contributed by atoms with Crippen LogP contribution in [0.1, 0.15) is 64.5 Å². The molecule has 55 heavy (non-hydrogen) atoms. The summed E-state index contributed by atoms with van der Waals surface area (Å²) in [5, 5.41) is 32.2. The van der Waals surface area contributed by atoms with Crippen molar-refractivity contribution in [1.29, 1.82) is 5.41 Å². The number of anilines is 1. The zero-order valence-corrected chi connectivity index (χ0v) is 31.5. The van der Waals surface area contributed by atoms with Gasteiger partial charge in [0.15, 0.2) is 22.8 Å². The smallest absolute Gasteiger partial charge is 0.325 e. The van der Waals surface area contributed by atoms with Crippen molar-refractivity contribution in [3.8, 4) is 23.5 Å². The summed E-state index contributed by atoms with van der Waals surface area (Å²) in [6, 6.07) is 9.41. The van der Waals surface area contributed by atoms with Gasteiger partial charge < -0.3 is 44.9 Å². The molecular weight excluding hydrogens is 723 g/mol. The van der Waals surface area contributed by atoms with Gasteiger partial charge in [-0.3, -0.25) is 19.8 Å². The third kappa shape index (κ3) is 12.3. The molecule has 0 fully saturated rings. The number of aromatic nitrogens is 5. The topological polar surface area (TPSA) is 256 Å². The van der Waals surface area contributed by atoms with Gasteiger partial charge in [0.1, 0.15) is 24.2 Å². The maximum absolute atomic E-state index is 16.2. The van der Waals surface area contributed by atoms with Crippen LogP contribution in [-0.2, 0) is 23.9 Å². The fourth-order valence-corrected chi connectivity index (χ4v) is 4.30. The lowest BCUT2D eigenvalue weighted by Crippen LogP contribution is -2.38. The Labute approximate surface area is 316 Å². The number of benzene rings is 2. The highest BCUT2D eigenvalue weighted by Gasteiger charge is 2.40. The average molecular weight is 769 g/mol. The number of nitrogen functional groups attached to an aromatic ring is 1. The Balaban J connectivity index is 0.00000193. The third-order valence-electron chi connectivity index (χ3n) is 7.07. The third-order valence-corrected chi connectivity index (χ3v) is 7.07. The van der Waals surface area contributed by atoms with E-state index in [0.29, 0.717) is 11.3 Å². The number of hydrogen-bond donors (Lipinski definition) is 5. The van der Waals surface area contributed by atoms with Crippen LogP contribution in [0.3, 0.4) is 0 Å². The van der Waals surface area contributed by atoms with Gasteiger partial charge >= 0.3 is 17.9 Å². The summed E-state index contributed by atoms with van der Waals surface area (Å²) in [4.78, 5) is 47.6. The monoisotopic (exact) mass is 768 g/mol. The van der Waals surface area contributed by atoms with E-state index in [-0.39, 0.29) is 65.9 Å². The standard InChI is InChI=1S/C34H41FN8O8.C2H4O2/c1-33(2,3)18-49-29(45)34(4,5)30(46)50-19-51-32-41-28(42-43(32)31-38-12-7-13-39-31)26(40-21-10-8-20(9-11-21)27(36)37)23-16-22(47-6)17-24(25(23)35)48-15-14-44;1-2(3)4/h7-13,16-17,26,40,44H,14-15,18-19H2,1-6H3,(H3,36,37);1H3,(H,3,4). The van der Waals surface area contributed by atoms with E-state index in [1.165, 1.54) is 45.5 Å². The second-order valence-electron chi connectivity index (χ2n) is 13.4. The highest BCUT2D eigenvalue weighted by atomic mass is 19.1. The summed E-state index contributed by atoms with van der Waals surface area (Å²) in [6.07, 6.45) is 2.91. The van der Waals surface area contributed by atoms with Crippen LogP contribution in [0, 0.1) is 22.1 Å². The highest BCUT2D eigenvalue weighted by Crippen LogP contribution is 2.36. The van der Waals surface area contributed by atoms with Crippen LogP contribution in [0.4, 0.5) is 10.1 Å². The van der Waals surface area contributed by atoms with E-state index in [1.807, 2.05) is 20.8 Å². The van der Waals surface area contributed by atoms with Crippen LogP contribution >= 0.6 is 0 Å². The van der Waals surface area contributed by atoms with Crippen molar-refractivity contribution < 1.29 is 52.7 Å². The minimum atomic E-state index is -1.65. The Bertz CT molecular complexity index is 1930. The summed E-state index contributed by atoms with van der Waals surface area (Å²) in [5.41, 5.74) is 4.57. The molecule has 0 amide bonds. The number of halogens is 1. The number of nitrogens with zero attached hydrogens (tertiary/aromatic N) is 5. The molecule has 296 valence electrons. The van der Waals surface area contributed by atoms with E-state index in [0.717, 1.165) is 11.6 Å². The van der Waals surface area contributed by atoms with E-state index in [1.54, 1.807) is 30.3 Å². The number of carboxylic acids is 1. The molecule has 2 aromatic heterocycles. The zero-order chi connectivity index (χ0) is 40.9. The largest absolute Gasteiger partial charge is 0.497 e. The first-order valence-electron chi connectivity index (χ1n) is 16.6. The van der Waals surface area contributed by atoms with E-state index in [4.69, 9.17) is 44.7 Å².